The van der Waals surface area contributed by atoms with Gasteiger partial charge in [-0.1, -0.05) is 11.6 Å². The molecule has 28 heavy (non-hydrogen) atoms. The Morgan fingerprint density at radius 3 is 2.07 bits per heavy atom. The zero-order chi connectivity index (χ0) is 20.1. The third-order valence-electron chi connectivity index (χ3n) is 5.10. The van der Waals surface area contributed by atoms with Crippen molar-refractivity contribution in [2.24, 2.45) is 0 Å². The fourth-order valence-electron chi connectivity index (χ4n) is 3.30. The van der Waals surface area contributed by atoms with Crippen LogP contribution in [0.5, 0.6) is 5.75 Å². The number of likely N-dealkylation sites (N-methyl/N-ethyl adjacent to an activating group) is 1. The van der Waals surface area contributed by atoms with Crippen molar-refractivity contribution in [3.63, 3.8) is 0 Å². The minimum Gasteiger partial charge on any atom is -0.493 e. The molecule has 3 rings (SSSR count). The van der Waals surface area contributed by atoms with Gasteiger partial charge in [-0.2, -0.15) is 17.0 Å². The second-order valence-electron chi connectivity index (χ2n) is 7.04. The summed E-state index contributed by atoms with van der Waals surface area (Å²) in [6, 6.07) is 6.99. The van der Waals surface area contributed by atoms with Gasteiger partial charge >= 0.3 is 0 Å². The van der Waals surface area contributed by atoms with Gasteiger partial charge in [0.1, 0.15) is 5.75 Å². The molecule has 0 spiro atoms. The smallest absolute Gasteiger partial charge is 0.282 e. The summed E-state index contributed by atoms with van der Waals surface area (Å²) in [5.74, 6) is 0.644. The van der Waals surface area contributed by atoms with E-state index in [9.17, 15) is 13.2 Å². The average Bonchev–Trinajstić information content (AvgIpc) is 2.70. The van der Waals surface area contributed by atoms with Crippen molar-refractivity contribution in [2.75, 3.05) is 66.0 Å². The first-order valence-electron chi connectivity index (χ1n) is 9.46. The molecule has 0 unspecified atom stereocenters. The Balaban J connectivity index is 1.42. The van der Waals surface area contributed by atoms with Gasteiger partial charge in [-0.25, -0.2) is 0 Å². The molecule has 1 amide bonds. The molecule has 2 fully saturated rings. The van der Waals surface area contributed by atoms with Crippen LogP contribution in [0.4, 0.5) is 0 Å². The molecule has 10 heteroatoms. The summed E-state index contributed by atoms with van der Waals surface area (Å²) in [6.45, 7) is 4.27. The van der Waals surface area contributed by atoms with Crippen LogP contribution in [0.1, 0.15) is 6.42 Å². The number of amides is 1. The molecule has 0 N–H and O–H groups in total. The Morgan fingerprint density at radius 2 is 1.50 bits per heavy atom. The maximum absolute atomic E-state index is 12.8. The Hall–Kier alpha value is -1.39. The SMILES string of the molecule is CN1CCN(S(=O)(=O)N2CCN(C(=O)CCOc3ccc(Cl)cc3)CC2)CC1. The maximum atomic E-state index is 12.8. The first-order valence-corrected chi connectivity index (χ1v) is 11.2. The molecule has 2 aliphatic rings. The fraction of sp³-hybridized carbons (Fsp3) is 0.611. The van der Waals surface area contributed by atoms with Crippen molar-refractivity contribution in [1.82, 2.24) is 18.4 Å². The molecule has 2 aliphatic heterocycles. The lowest BCUT2D eigenvalue weighted by Crippen LogP contribution is -2.57. The number of piperazine rings is 2. The highest BCUT2D eigenvalue weighted by Gasteiger charge is 2.34. The van der Waals surface area contributed by atoms with Crippen molar-refractivity contribution < 1.29 is 17.9 Å². The highest BCUT2D eigenvalue weighted by atomic mass is 35.5. The summed E-state index contributed by atoms with van der Waals surface area (Å²) in [5, 5.41) is 0.632. The van der Waals surface area contributed by atoms with E-state index in [4.69, 9.17) is 16.3 Å². The topological polar surface area (TPSA) is 73.4 Å². The van der Waals surface area contributed by atoms with Crippen LogP contribution in [0.3, 0.4) is 0 Å². The zero-order valence-corrected chi connectivity index (χ0v) is 17.7. The van der Waals surface area contributed by atoms with Crippen LogP contribution in [-0.4, -0.2) is 98.7 Å². The molecule has 0 radical (unpaired) electrons. The van der Waals surface area contributed by atoms with Gasteiger partial charge in [-0.3, -0.25) is 4.79 Å². The quantitative estimate of drug-likeness (QED) is 0.665. The number of ether oxygens (including phenoxy) is 1. The predicted molar refractivity (Wildman–Crippen MR) is 108 cm³/mol. The van der Waals surface area contributed by atoms with E-state index in [-0.39, 0.29) is 18.9 Å². The van der Waals surface area contributed by atoms with Crippen LogP contribution in [0.15, 0.2) is 24.3 Å². The van der Waals surface area contributed by atoms with E-state index in [0.29, 0.717) is 50.0 Å². The van der Waals surface area contributed by atoms with Crippen LogP contribution in [0.2, 0.25) is 5.02 Å². The van der Waals surface area contributed by atoms with Crippen molar-refractivity contribution >= 4 is 27.7 Å². The highest BCUT2D eigenvalue weighted by molar-refractivity contribution is 7.86. The van der Waals surface area contributed by atoms with E-state index in [0.717, 1.165) is 13.1 Å². The minimum atomic E-state index is -3.45. The maximum Gasteiger partial charge on any atom is 0.282 e. The lowest BCUT2D eigenvalue weighted by molar-refractivity contribution is -0.132. The van der Waals surface area contributed by atoms with Gasteiger partial charge < -0.3 is 14.5 Å². The van der Waals surface area contributed by atoms with Crippen LogP contribution in [0.25, 0.3) is 0 Å². The van der Waals surface area contributed by atoms with E-state index in [1.807, 2.05) is 7.05 Å². The molecule has 8 nitrogen and oxygen atoms in total. The normalized spacial score (nSPS) is 20.3. The molecule has 156 valence electrons. The summed E-state index contributed by atoms with van der Waals surface area (Å²) >= 11 is 5.83. The average molecular weight is 431 g/mol. The van der Waals surface area contributed by atoms with Crippen molar-refractivity contribution in [2.45, 2.75) is 6.42 Å². The molecular formula is C18H27ClN4O4S. The van der Waals surface area contributed by atoms with Gasteiger partial charge in [0, 0.05) is 57.4 Å². The van der Waals surface area contributed by atoms with Crippen molar-refractivity contribution in [1.29, 1.82) is 0 Å². The van der Waals surface area contributed by atoms with Crippen molar-refractivity contribution in [3.8, 4) is 5.75 Å². The Morgan fingerprint density at radius 1 is 0.964 bits per heavy atom. The summed E-state index contributed by atoms with van der Waals surface area (Å²) in [6.07, 6.45) is 0.258. The standard InChI is InChI=1S/C18H27ClN4O4S/c1-20-7-11-22(12-8-20)28(25,26)23-13-9-21(10-14-23)18(24)6-15-27-17-4-2-16(19)3-5-17/h2-5H,6-15H2,1H3. The lowest BCUT2D eigenvalue weighted by Gasteiger charge is -2.39. The van der Waals surface area contributed by atoms with E-state index >= 15 is 0 Å². The van der Waals surface area contributed by atoms with Crippen LogP contribution in [-0.2, 0) is 15.0 Å². The molecule has 1 aromatic rings. The monoisotopic (exact) mass is 430 g/mol. The first-order chi connectivity index (χ1) is 13.4. The number of nitrogens with zero attached hydrogens (tertiary/aromatic N) is 4. The summed E-state index contributed by atoms with van der Waals surface area (Å²) in [4.78, 5) is 16.2. The first kappa shape index (κ1) is 21.3. The van der Waals surface area contributed by atoms with Gasteiger partial charge in [0.15, 0.2) is 0 Å². The number of carbonyl (C=O) groups excluding carboxylic acids is 1. The Bertz CT molecular complexity index is 758. The van der Waals surface area contributed by atoms with E-state index in [2.05, 4.69) is 4.90 Å². The van der Waals surface area contributed by atoms with Crippen molar-refractivity contribution in [3.05, 3.63) is 29.3 Å². The largest absolute Gasteiger partial charge is 0.493 e. The number of halogens is 1. The molecule has 2 saturated heterocycles. The highest BCUT2D eigenvalue weighted by Crippen LogP contribution is 2.17. The fourth-order valence-corrected chi connectivity index (χ4v) is 5.00. The van der Waals surface area contributed by atoms with E-state index in [1.165, 1.54) is 4.31 Å². The molecule has 0 saturated carbocycles. The number of hydrogen-bond acceptors (Lipinski definition) is 5. The molecule has 2 heterocycles. The van der Waals surface area contributed by atoms with Crippen LogP contribution >= 0.6 is 11.6 Å². The van der Waals surface area contributed by atoms with E-state index in [1.54, 1.807) is 33.5 Å². The van der Waals surface area contributed by atoms with E-state index < -0.39 is 10.2 Å². The van der Waals surface area contributed by atoms with Crippen LogP contribution < -0.4 is 4.74 Å². The number of benzene rings is 1. The van der Waals surface area contributed by atoms with Gasteiger partial charge in [-0.15, -0.1) is 0 Å². The summed E-state index contributed by atoms with van der Waals surface area (Å²) < 4.78 is 34.2. The summed E-state index contributed by atoms with van der Waals surface area (Å²) in [5.41, 5.74) is 0. The number of rotatable bonds is 6. The van der Waals surface area contributed by atoms with Gasteiger partial charge in [0.25, 0.3) is 10.2 Å². The van der Waals surface area contributed by atoms with Gasteiger partial charge in [-0.05, 0) is 31.3 Å². The third-order valence-corrected chi connectivity index (χ3v) is 7.39. The zero-order valence-electron chi connectivity index (χ0n) is 16.1. The Labute approximate surface area is 171 Å². The predicted octanol–water partition coefficient (Wildman–Crippen LogP) is 0.745. The van der Waals surface area contributed by atoms with Crippen LogP contribution in [0, 0.1) is 0 Å². The van der Waals surface area contributed by atoms with Gasteiger partial charge in [0.2, 0.25) is 5.91 Å². The molecular weight excluding hydrogens is 404 g/mol. The lowest BCUT2D eigenvalue weighted by atomic mass is 10.3. The second kappa shape index (κ2) is 9.41. The molecule has 1 aromatic carbocycles. The Kier molecular flexibility index (Phi) is 7.16. The minimum absolute atomic E-state index is 0.0226. The number of carbonyl (C=O) groups is 1. The number of hydrogen-bond donors (Lipinski definition) is 0. The summed E-state index contributed by atoms with van der Waals surface area (Å²) in [7, 11) is -1.46. The second-order valence-corrected chi connectivity index (χ2v) is 9.41. The van der Waals surface area contributed by atoms with Gasteiger partial charge in [0.05, 0.1) is 13.0 Å². The molecule has 0 bridgehead atoms. The molecule has 0 atom stereocenters. The third kappa shape index (κ3) is 5.36. The molecule has 0 aromatic heterocycles. The molecule has 0 aliphatic carbocycles.